The monoisotopic (exact) mass is 273 g/mol. The minimum absolute atomic E-state index is 0.208. The van der Waals surface area contributed by atoms with Crippen LogP contribution in [0.2, 0.25) is 0 Å². The molecule has 0 amide bonds. The van der Waals surface area contributed by atoms with Gasteiger partial charge in [-0.15, -0.1) is 0 Å². The van der Waals surface area contributed by atoms with E-state index in [4.69, 9.17) is 9.84 Å². The van der Waals surface area contributed by atoms with Crippen molar-refractivity contribution in [1.29, 1.82) is 0 Å². The van der Waals surface area contributed by atoms with Crippen LogP contribution in [-0.4, -0.2) is 59.5 Å². The van der Waals surface area contributed by atoms with Gasteiger partial charge in [0, 0.05) is 19.2 Å². The van der Waals surface area contributed by atoms with Gasteiger partial charge in [0.05, 0.1) is 18.6 Å². The topological polar surface area (TPSA) is 70.0 Å². The minimum Gasteiger partial charge on any atom is -0.481 e. The van der Waals surface area contributed by atoms with Crippen molar-refractivity contribution in [2.75, 3.05) is 26.3 Å². The summed E-state index contributed by atoms with van der Waals surface area (Å²) in [6.07, 6.45) is 2.96. The number of unbranched alkanes of at least 4 members (excludes halogenated alkanes) is 1. The van der Waals surface area contributed by atoms with Crippen LogP contribution in [0.5, 0.6) is 0 Å². The number of piperidine rings is 1. The Balaban J connectivity index is 2.23. The smallest absolute Gasteiger partial charge is 0.306 e. The molecular formula is C14H27NO4. The molecule has 1 heterocycles. The van der Waals surface area contributed by atoms with Crippen molar-refractivity contribution in [3.63, 3.8) is 0 Å². The summed E-state index contributed by atoms with van der Waals surface area (Å²) in [5.74, 6) is -0.931. The SMILES string of the molecule is CCCCOCC(O)CN1CCC(C(=O)O)CC1C. The first kappa shape index (κ1) is 16.4. The van der Waals surface area contributed by atoms with E-state index >= 15 is 0 Å². The predicted octanol–water partition coefficient (Wildman–Crippen LogP) is 1.35. The number of hydrogen-bond donors (Lipinski definition) is 2. The number of carboxylic acid groups (broad SMARTS) is 1. The first-order valence-corrected chi connectivity index (χ1v) is 7.27. The van der Waals surface area contributed by atoms with Gasteiger partial charge in [0.2, 0.25) is 0 Å². The first-order chi connectivity index (χ1) is 9.04. The Morgan fingerprint density at radius 1 is 1.53 bits per heavy atom. The third kappa shape index (κ3) is 5.89. The van der Waals surface area contributed by atoms with E-state index in [-0.39, 0.29) is 12.0 Å². The normalized spacial score (nSPS) is 26.3. The second-order valence-electron chi connectivity index (χ2n) is 5.49. The molecule has 1 saturated heterocycles. The Labute approximate surface area is 115 Å². The fourth-order valence-electron chi connectivity index (χ4n) is 2.51. The molecule has 5 heteroatoms. The molecule has 0 spiro atoms. The van der Waals surface area contributed by atoms with Gasteiger partial charge in [0.15, 0.2) is 0 Å². The lowest BCUT2D eigenvalue weighted by Crippen LogP contribution is -2.46. The average Bonchev–Trinajstić information content (AvgIpc) is 2.37. The van der Waals surface area contributed by atoms with Crippen LogP contribution in [0.3, 0.4) is 0 Å². The maximum atomic E-state index is 10.9. The van der Waals surface area contributed by atoms with E-state index in [1.54, 1.807) is 0 Å². The van der Waals surface area contributed by atoms with Gasteiger partial charge < -0.3 is 14.9 Å². The first-order valence-electron chi connectivity index (χ1n) is 7.27. The fourth-order valence-corrected chi connectivity index (χ4v) is 2.51. The van der Waals surface area contributed by atoms with Gasteiger partial charge in [-0.05, 0) is 32.7 Å². The highest BCUT2D eigenvalue weighted by atomic mass is 16.5. The van der Waals surface area contributed by atoms with E-state index in [0.29, 0.717) is 32.6 Å². The molecule has 0 aromatic heterocycles. The molecule has 0 radical (unpaired) electrons. The van der Waals surface area contributed by atoms with E-state index in [1.807, 2.05) is 6.92 Å². The van der Waals surface area contributed by atoms with Gasteiger partial charge in [-0.25, -0.2) is 0 Å². The number of nitrogens with zero attached hydrogens (tertiary/aromatic N) is 1. The summed E-state index contributed by atoms with van der Waals surface area (Å²) in [5, 5.41) is 18.9. The van der Waals surface area contributed by atoms with E-state index in [9.17, 15) is 9.90 Å². The predicted molar refractivity (Wildman–Crippen MR) is 73.1 cm³/mol. The summed E-state index contributed by atoms with van der Waals surface area (Å²) in [4.78, 5) is 13.1. The molecule has 3 atom stereocenters. The molecule has 0 aliphatic carbocycles. The lowest BCUT2D eigenvalue weighted by molar-refractivity contribution is -0.144. The van der Waals surface area contributed by atoms with Gasteiger partial charge in [-0.1, -0.05) is 13.3 Å². The van der Waals surface area contributed by atoms with Crippen LogP contribution in [0.15, 0.2) is 0 Å². The zero-order valence-electron chi connectivity index (χ0n) is 12.0. The van der Waals surface area contributed by atoms with Crippen molar-refractivity contribution >= 4 is 5.97 Å². The van der Waals surface area contributed by atoms with E-state index in [1.165, 1.54) is 0 Å². The Bertz CT molecular complexity index is 272. The molecule has 0 aromatic rings. The molecule has 112 valence electrons. The number of carbonyl (C=O) groups is 1. The van der Waals surface area contributed by atoms with E-state index < -0.39 is 12.1 Å². The van der Waals surface area contributed by atoms with Crippen LogP contribution in [0.4, 0.5) is 0 Å². The third-order valence-corrected chi connectivity index (χ3v) is 3.76. The zero-order chi connectivity index (χ0) is 14.3. The van der Waals surface area contributed by atoms with Crippen molar-refractivity contribution < 1.29 is 19.7 Å². The van der Waals surface area contributed by atoms with Crippen LogP contribution in [0.1, 0.15) is 39.5 Å². The molecular weight excluding hydrogens is 246 g/mol. The standard InChI is InChI=1S/C14H27NO4/c1-3-4-7-19-10-13(16)9-15-6-5-12(14(17)18)8-11(15)2/h11-13,16H,3-10H2,1-2H3,(H,17,18). The van der Waals surface area contributed by atoms with Gasteiger partial charge in [0.25, 0.3) is 0 Å². The third-order valence-electron chi connectivity index (χ3n) is 3.76. The second-order valence-corrected chi connectivity index (χ2v) is 5.49. The number of hydrogen-bond acceptors (Lipinski definition) is 4. The minimum atomic E-state index is -0.699. The molecule has 0 bridgehead atoms. The van der Waals surface area contributed by atoms with Crippen molar-refractivity contribution in [3.05, 3.63) is 0 Å². The molecule has 2 N–H and O–H groups in total. The van der Waals surface area contributed by atoms with Crippen molar-refractivity contribution in [2.24, 2.45) is 5.92 Å². The molecule has 1 aliphatic heterocycles. The van der Waals surface area contributed by atoms with Crippen molar-refractivity contribution in [3.8, 4) is 0 Å². The second kappa shape index (κ2) is 8.51. The zero-order valence-corrected chi connectivity index (χ0v) is 12.0. The van der Waals surface area contributed by atoms with E-state index in [0.717, 1.165) is 19.4 Å². The number of ether oxygens (including phenoxy) is 1. The molecule has 3 unspecified atom stereocenters. The number of likely N-dealkylation sites (tertiary alicyclic amines) is 1. The van der Waals surface area contributed by atoms with Crippen LogP contribution < -0.4 is 0 Å². The van der Waals surface area contributed by atoms with Crippen LogP contribution in [0.25, 0.3) is 0 Å². The quantitative estimate of drug-likeness (QED) is 0.653. The van der Waals surface area contributed by atoms with Crippen molar-refractivity contribution in [1.82, 2.24) is 4.90 Å². The van der Waals surface area contributed by atoms with Gasteiger partial charge in [0.1, 0.15) is 0 Å². The summed E-state index contributed by atoms with van der Waals surface area (Å²) in [6, 6.07) is 0.208. The number of aliphatic hydroxyl groups excluding tert-OH is 1. The van der Waals surface area contributed by atoms with Gasteiger partial charge in [-0.2, -0.15) is 0 Å². The number of aliphatic hydroxyl groups is 1. The molecule has 1 fully saturated rings. The Morgan fingerprint density at radius 2 is 2.26 bits per heavy atom. The fraction of sp³-hybridized carbons (Fsp3) is 0.929. The van der Waals surface area contributed by atoms with Crippen LogP contribution >= 0.6 is 0 Å². The molecule has 5 nitrogen and oxygen atoms in total. The Morgan fingerprint density at radius 3 is 2.84 bits per heavy atom. The maximum absolute atomic E-state index is 10.9. The van der Waals surface area contributed by atoms with Crippen LogP contribution in [-0.2, 0) is 9.53 Å². The molecule has 1 aliphatic rings. The maximum Gasteiger partial charge on any atom is 0.306 e. The lowest BCUT2D eigenvalue weighted by Gasteiger charge is -2.37. The van der Waals surface area contributed by atoms with E-state index in [2.05, 4.69) is 11.8 Å². The highest BCUT2D eigenvalue weighted by Crippen LogP contribution is 2.23. The van der Waals surface area contributed by atoms with Crippen molar-refractivity contribution in [2.45, 2.75) is 51.7 Å². The molecule has 0 aromatic carbocycles. The van der Waals surface area contributed by atoms with Gasteiger partial charge in [-0.3, -0.25) is 9.69 Å². The lowest BCUT2D eigenvalue weighted by atomic mass is 9.91. The largest absolute Gasteiger partial charge is 0.481 e. The summed E-state index contributed by atoms with van der Waals surface area (Å²) in [7, 11) is 0. The summed E-state index contributed by atoms with van der Waals surface area (Å²) >= 11 is 0. The number of β-amino-alcohol motifs (C(OH)–C–C–N with tert-alkyl or cyclic N) is 1. The van der Waals surface area contributed by atoms with Gasteiger partial charge >= 0.3 is 5.97 Å². The summed E-state index contributed by atoms with van der Waals surface area (Å²) in [6.45, 7) is 6.51. The average molecular weight is 273 g/mol. The highest BCUT2D eigenvalue weighted by molar-refractivity contribution is 5.70. The Kier molecular flexibility index (Phi) is 7.34. The molecule has 19 heavy (non-hydrogen) atoms. The summed E-state index contributed by atoms with van der Waals surface area (Å²) < 4.78 is 5.40. The Hall–Kier alpha value is -0.650. The molecule has 1 rings (SSSR count). The number of carboxylic acids is 1. The highest BCUT2D eigenvalue weighted by Gasteiger charge is 2.30. The molecule has 0 saturated carbocycles. The summed E-state index contributed by atoms with van der Waals surface area (Å²) in [5.41, 5.74) is 0. The number of rotatable bonds is 8. The number of aliphatic carboxylic acids is 1. The van der Waals surface area contributed by atoms with Crippen LogP contribution in [0, 0.1) is 5.92 Å².